The fourth-order valence-corrected chi connectivity index (χ4v) is 3.14. The SMILES string of the molecule is Cc1cccc(OC(C)C(=O)NCCn2nc3c(cc2=O)CCCC3)c1. The van der Waals surface area contributed by atoms with Crippen LogP contribution in [0.4, 0.5) is 0 Å². The van der Waals surface area contributed by atoms with Crippen LogP contribution in [0, 0.1) is 6.92 Å². The molecule has 0 spiro atoms. The monoisotopic (exact) mass is 355 g/mol. The van der Waals surface area contributed by atoms with E-state index in [1.54, 1.807) is 13.0 Å². The summed E-state index contributed by atoms with van der Waals surface area (Å²) in [6.07, 6.45) is 3.48. The molecule has 6 heteroatoms. The van der Waals surface area contributed by atoms with E-state index in [1.165, 1.54) is 4.68 Å². The molecule has 1 heterocycles. The fraction of sp³-hybridized carbons (Fsp3) is 0.450. The highest BCUT2D eigenvalue weighted by Gasteiger charge is 2.16. The number of ether oxygens (including phenoxy) is 1. The second-order valence-corrected chi connectivity index (χ2v) is 6.75. The van der Waals surface area contributed by atoms with Crippen molar-refractivity contribution >= 4 is 5.91 Å². The number of amides is 1. The summed E-state index contributed by atoms with van der Waals surface area (Å²) < 4.78 is 7.10. The molecule has 1 aliphatic carbocycles. The van der Waals surface area contributed by atoms with Gasteiger partial charge in [-0.3, -0.25) is 9.59 Å². The summed E-state index contributed by atoms with van der Waals surface area (Å²) >= 11 is 0. The number of aromatic nitrogens is 2. The van der Waals surface area contributed by atoms with Gasteiger partial charge in [0, 0.05) is 12.6 Å². The fourth-order valence-electron chi connectivity index (χ4n) is 3.14. The maximum absolute atomic E-state index is 12.2. The van der Waals surface area contributed by atoms with Crippen LogP contribution in [0.25, 0.3) is 0 Å². The van der Waals surface area contributed by atoms with Gasteiger partial charge in [0.2, 0.25) is 0 Å². The first-order chi connectivity index (χ1) is 12.5. The molecule has 3 rings (SSSR count). The number of nitrogens with zero attached hydrogens (tertiary/aromatic N) is 2. The maximum Gasteiger partial charge on any atom is 0.267 e. The average Bonchev–Trinajstić information content (AvgIpc) is 2.62. The highest BCUT2D eigenvalue weighted by atomic mass is 16.5. The quantitative estimate of drug-likeness (QED) is 0.860. The number of carbonyl (C=O) groups is 1. The largest absolute Gasteiger partial charge is 0.481 e. The molecule has 1 aromatic heterocycles. The van der Waals surface area contributed by atoms with Crippen LogP contribution in [0.3, 0.4) is 0 Å². The normalized spacial score (nSPS) is 14.4. The summed E-state index contributed by atoms with van der Waals surface area (Å²) in [7, 11) is 0. The van der Waals surface area contributed by atoms with Crippen molar-refractivity contribution in [2.75, 3.05) is 6.54 Å². The van der Waals surface area contributed by atoms with Crippen LogP contribution in [-0.4, -0.2) is 28.3 Å². The minimum atomic E-state index is -0.606. The molecule has 6 nitrogen and oxygen atoms in total. The van der Waals surface area contributed by atoms with Crippen molar-refractivity contribution in [3.8, 4) is 5.75 Å². The Morgan fingerprint density at radius 3 is 2.92 bits per heavy atom. The van der Waals surface area contributed by atoms with E-state index in [4.69, 9.17) is 4.74 Å². The Labute approximate surface area is 153 Å². The van der Waals surface area contributed by atoms with E-state index >= 15 is 0 Å². The Morgan fingerprint density at radius 2 is 2.12 bits per heavy atom. The van der Waals surface area contributed by atoms with Crippen molar-refractivity contribution in [3.63, 3.8) is 0 Å². The lowest BCUT2D eigenvalue weighted by molar-refractivity contribution is -0.127. The van der Waals surface area contributed by atoms with Crippen molar-refractivity contribution in [1.29, 1.82) is 0 Å². The van der Waals surface area contributed by atoms with Gasteiger partial charge in [0.1, 0.15) is 5.75 Å². The summed E-state index contributed by atoms with van der Waals surface area (Å²) in [5.74, 6) is 0.456. The summed E-state index contributed by atoms with van der Waals surface area (Å²) in [5.41, 5.74) is 3.05. The third-order valence-corrected chi connectivity index (χ3v) is 4.57. The summed E-state index contributed by atoms with van der Waals surface area (Å²) in [5, 5.41) is 7.26. The third kappa shape index (κ3) is 4.50. The van der Waals surface area contributed by atoms with Gasteiger partial charge in [0.25, 0.3) is 11.5 Å². The first kappa shape index (κ1) is 18.2. The highest BCUT2D eigenvalue weighted by molar-refractivity contribution is 5.80. The molecule has 1 amide bonds. The van der Waals surface area contributed by atoms with Gasteiger partial charge in [-0.1, -0.05) is 12.1 Å². The van der Waals surface area contributed by atoms with Gasteiger partial charge in [-0.2, -0.15) is 5.10 Å². The molecule has 0 bridgehead atoms. The van der Waals surface area contributed by atoms with Crippen LogP contribution in [0.1, 0.15) is 36.6 Å². The third-order valence-electron chi connectivity index (χ3n) is 4.57. The molecule has 1 aliphatic rings. The number of fused-ring (bicyclic) bond motifs is 1. The molecule has 2 aromatic rings. The molecule has 1 atom stereocenters. The van der Waals surface area contributed by atoms with Gasteiger partial charge in [-0.15, -0.1) is 0 Å². The molecule has 0 aliphatic heterocycles. The molecule has 0 saturated carbocycles. The number of hydrogen-bond donors (Lipinski definition) is 1. The second-order valence-electron chi connectivity index (χ2n) is 6.75. The Bertz CT molecular complexity index is 844. The molecular weight excluding hydrogens is 330 g/mol. The molecular formula is C20H25N3O3. The molecule has 1 unspecified atom stereocenters. The second kappa shape index (κ2) is 8.17. The lowest BCUT2D eigenvalue weighted by Crippen LogP contribution is -2.39. The highest BCUT2D eigenvalue weighted by Crippen LogP contribution is 2.17. The zero-order valence-electron chi connectivity index (χ0n) is 15.3. The van der Waals surface area contributed by atoms with Gasteiger partial charge in [-0.25, -0.2) is 4.68 Å². The Hall–Kier alpha value is -2.63. The van der Waals surface area contributed by atoms with Crippen molar-refractivity contribution < 1.29 is 9.53 Å². The molecule has 1 N–H and O–H groups in total. The predicted molar refractivity (Wildman–Crippen MR) is 99.4 cm³/mol. The van der Waals surface area contributed by atoms with Crippen LogP contribution in [-0.2, 0) is 24.2 Å². The predicted octanol–water partition coefficient (Wildman–Crippen LogP) is 2.01. The minimum absolute atomic E-state index is 0.107. The van der Waals surface area contributed by atoms with Crippen molar-refractivity contribution in [1.82, 2.24) is 15.1 Å². The van der Waals surface area contributed by atoms with Crippen LogP contribution in [0.2, 0.25) is 0 Å². The van der Waals surface area contributed by atoms with Gasteiger partial charge in [0.05, 0.1) is 12.2 Å². The molecule has 0 fully saturated rings. The van der Waals surface area contributed by atoms with E-state index in [-0.39, 0.29) is 11.5 Å². The number of hydrogen-bond acceptors (Lipinski definition) is 4. The topological polar surface area (TPSA) is 73.2 Å². The Balaban J connectivity index is 1.52. The van der Waals surface area contributed by atoms with Crippen LogP contribution in [0.15, 0.2) is 35.1 Å². The van der Waals surface area contributed by atoms with E-state index < -0.39 is 6.10 Å². The zero-order chi connectivity index (χ0) is 18.5. The minimum Gasteiger partial charge on any atom is -0.481 e. The summed E-state index contributed by atoms with van der Waals surface area (Å²) in [6, 6.07) is 9.27. The lowest BCUT2D eigenvalue weighted by Gasteiger charge is -2.17. The Morgan fingerprint density at radius 1 is 1.31 bits per heavy atom. The van der Waals surface area contributed by atoms with E-state index in [0.29, 0.717) is 18.8 Å². The maximum atomic E-state index is 12.2. The number of nitrogens with one attached hydrogen (secondary N) is 1. The Kier molecular flexibility index (Phi) is 5.71. The molecule has 0 saturated heterocycles. The van der Waals surface area contributed by atoms with E-state index in [1.807, 2.05) is 31.2 Å². The van der Waals surface area contributed by atoms with Gasteiger partial charge < -0.3 is 10.1 Å². The number of carbonyl (C=O) groups excluding carboxylic acids is 1. The van der Waals surface area contributed by atoms with Crippen LogP contribution >= 0.6 is 0 Å². The van der Waals surface area contributed by atoms with Crippen LogP contribution < -0.4 is 15.6 Å². The smallest absolute Gasteiger partial charge is 0.267 e. The van der Waals surface area contributed by atoms with Crippen molar-refractivity contribution in [2.45, 2.75) is 52.2 Å². The van der Waals surface area contributed by atoms with E-state index in [9.17, 15) is 9.59 Å². The lowest BCUT2D eigenvalue weighted by atomic mass is 9.97. The van der Waals surface area contributed by atoms with Crippen molar-refractivity contribution in [2.24, 2.45) is 0 Å². The molecule has 138 valence electrons. The summed E-state index contributed by atoms with van der Waals surface area (Å²) in [4.78, 5) is 24.3. The standard InChI is InChI=1S/C20H25N3O3/c1-14-6-5-8-17(12-14)26-15(2)20(25)21-10-11-23-19(24)13-16-7-3-4-9-18(16)22-23/h5-6,8,12-13,15H,3-4,7,9-11H2,1-2H3,(H,21,25). The van der Waals surface area contributed by atoms with Gasteiger partial charge in [-0.05, 0) is 62.8 Å². The van der Waals surface area contributed by atoms with Crippen LogP contribution in [0.5, 0.6) is 5.75 Å². The average molecular weight is 355 g/mol. The van der Waals surface area contributed by atoms with Gasteiger partial charge >= 0.3 is 0 Å². The molecule has 26 heavy (non-hydrogen) atoms. The van der Waals surface area contributed by atoms with E-state index in [0.717, 1.165) is 42.5 Å². The first-order valence-electron chi connectivity index (χ1n) is 9.14. The molecule has 0 radical (unpaired) electrons. The number of benzene rings is 1. The molecule has 1 aromatic carbocycles. The first-order valence-corrected chi connectivity index (χ1v) is 9.14. The summed E-state index contributed by atoms with van der Waals surface area (Å²) in [6.45, 7) is 4.38. The number of aryl methyl sites for hydroxylation is 3. The number of rotatable bonds is 6. The van der Waals surface area contributed by atoms with Crippen molar-refractivity contribution in [3.05, 3.63) is 57.5 Å². The zero-order valence-corrected chi connectivity index (χ0v) is 15.3. The van der Waals surface area contributed by atoms with Gasteiger partial charge in [0.15, 0.2) is 6.10 Å². The van der Waals surface area contributed by atoms with E-state index in [2.05, 4.69) is 10.4 Å².